The minimum Gasteiger partial charge on any atom is -0.345 e. The van der Waals surface area contributed by atoms with Crippen LogP contribution in [0.1, 0.15) is 11.4 Å². The number of hydrogen-bond acceptors (Lipinski definition) is 4. The van der Waals surface area contributed by atoms with Crippen LogP contribution in [0, 0.1) is 13.8 Å². The van der Waals surface area contributed by atoms with Gasteiger partial charge in [0.2, 0.25) is 0 Å². The van der Waals surface area contributed by atoms with Gasteiger partial charge in [-0.2, -0.15) is 10.2 Å². The topological polar surface area (TPSA) is 76.7 Å². The summed E-state index contributed by atoms with van der Waals surface area (Å²) in [6.07, 6.45) is 7.44. The van der Waals surface area contributed by atoms with Gasteiger partial charge in [-0.15, -0.1) is 0 Å². The Kier molecular flexibility index (Phi) is 3.00. The summed E-state index contributed by atoms with van der Waals surface area (Å²) in [5.74, 6) is 0. The Hall–Kier alpha value is -3.48. The van der Waals surface area contributed by atoms with E-state index in [1.807, 2.05) is 49.4 Å². The molecule has 0 spiro atoms. The highest BCUT2D eigenvalue weighted by molar-refractivity contribution is 5.95. The molecule has 5 heterocycles. The van der Waals surface area contributed by atoms with Gasteiger partial charge in [-0.3, -0.25) is 4.68 Å². The quantitative estimate of drug-likeness (QED) is 0.533. The molecule has 0 aliphatic rings. The smallest absolute Gasteiger partial charge is 0.153 e. The lowest BCUT2D eigenvalue weighted by Gasteiger charge is -2.04. The largest absolute Gasteiger partial charge is 0.345 e. The van der Waals surface area contributed by atoms with E-state index in [1.165, 1.54) is 0 Å². The summed E-state index contributed by atoms with van der Waals surface area (Å²) >= 11 is 0. The van der Waals surface area contributed by atoms with Gasteiger partial charge in [0.05, 0.1) is 11.4 Å². The number of H-pyrrole nitrogens is 1. The number of aromatic amines is 1. The fourth-order valence-corrected chi connectivity index (χ4v) is 3.50. The van der Waals surface area contributed by atoms with E-state index < -0.39 is 0 Å². The van der Waals surface area contributed by atoms with E-state index in [2.05, 4.69) is 38.1 Å². The Balaban J connectivity index is 1.72. The first-order chi connectivity index (χ1) is 12.6. The Morgan fingerprint density at radius 3 is 2.77 bits per heavy atom. The Morgan fingerprint density at radius 2 is 1.96 bits per heavy atom. The van der Waals surface area contributed by atoms with Gasteiger partial charge in [-0.25, -0.2) is 14.5 Å². The fraction of sp³-hybridized carbons (Fsp3) is 0.158. The molecule has 0 saturated carbocycles. The zero-order chi connectivity index (χ0) is 17.8. The van der Waals surface area contributed by atoms with Crippen molar-refractivity contribution < 1.29 is 0 Å². The molecule has 7 heteroatoms. The molecular weight excluding hydrogens is 326 g/mol. The Morgan fingerprint density at radius 1 is 1.08 bits per heavy atom. The van der Waals surface area contributed by atoms with Crippen molar-refractivity contribution in [1.82, 2.24) is 34.3 Å². The Labute approximate surface area is 149 Å². The zero-order valence-corrected chi connectivity index (χ0v) is 14.7. The molecule has 0 atom stereocenters. The molecule has 0 unspecified atom stereocenters. The number of aromatic nitrogens is 7. The number of hydrogen-bond donors (Lipinski definition) is 1. The first-order valence-electron chi connectivity index (χ1n) is 8.40. The number of nitrogens with zero attached hydrogens (tertiary/aromatic N) is 6. The molecular formula is C19H17N7. The maximum atomic E-state index is 4.66. The number of rotatable bonds is 2. The lowest BCUT2D eigenvalue weighted by Crippen LogP contribution is -1.93. The van der Waals surface area contributed by atoms with E-state index in [4.69, 9.17) is 0 Å². The predicted molar refractivity (Wildman–Crippen MR) is 99.8 cm³/mol. The number of fused-ring (bicyclic) bond motifs is 2. The first kappa shape index (κ1) is 14.8. The lowest BCUT2D eigenvalue weighted by atomic mass is 10.0. The minimum absolute atomic E-state index is 0.828. The standard InChI is InChI=1S/C19H17N7/c1-11-18(12(2)25(3)23-11)13-8-14-15(10-22-19(14)21-9-13)16-4-5-17-20-6-7-26(17)24-16/h4-10H,1-3H3,(H,21,22). The van der Waals surface area contributed by atoms with Crippen molar-refractivity contribution in [2.45, 2.75) is 13.8 Å². The van der Waals surface area contributed by atoms with E-state index in [0.717, 1.165) is 50.5 Å². The molecule has 7 nitrogen and oxygen atoms in total. The second kappa shape index (κ2) is 5.26. The van der Waals surface area contributed by atoms with Crippen molar-refractivity contribution in [1.29, 1.82) is 0 Å². The highest BCUT2D eigenvalue weighted by Crippen LogP contribution is 2.32. The molecule has 0 aromatic carbocycles. The highest BCUT2D eigenvalue weighted by atomic mass is 15.3. The van der Waals surface area contributed by atoms with Crippen molar-refractivity contribution in [3.05, 3.63) is 54.4 Å². The van der Waals surface area contributed by atoms with E-state index in [0.29, 0.717) is 0 Å². The monoisotopic (exact) mass is 343 g/mol. The lowest BCUT2D eigenvalue weighted by molar-refractivity contribution is 0.731. The SMILES string of the molecule is Cc1nn(C)c(C)c1-c1cnc2[nH]cc(-c3ccc4nccn4n3)c2c1. The molecule has 0 aliphatic heterocycles. The molecule has 5 aromatic heterocycles. The van der Waals surface area contributed by atoms with Crippen LogP contribution in [0.15, 0.2) is 43.0 Å². The van der Waals surface area contributed by atoms with Gasteiger partial charge in [0.25, 0.3) is 0 Å². The molecule has 0 aliphatic carbocycles. The van der Waals surface area contributed by atoms with Gasteiger partial charge in [-0.05, 0) is 32.0 Å². The molecule has 5 rings (SSSR count). The third-order valence-electron chi connectivity index (χ3n) is 4.86. The molecule has 0 radical (unpaired) electrons. The van der Waals surface area contributed by atoms with Gasteiger partial charge in [0, 0.05) is 59.6 Å². The fourth-order valence-electron chi connectivity index (χ4n) is 3.50. The molecule has 1 N–H and O–H groups in total. The van der Waals surface area contributed by atoms with Gasteiger partial charge < -0.3 is 4.98 Å². The summed E-state index contributed by atoms with van der Waals surface area (Å²) in [5, 5.41) is 10.2. The third-order valence-corrected chi connectivity index (χ3v) is 4.86. The zero-order valence-electron chi connectivity index (χ0n) is 14.7. The van der Waals surface area contributed by atoms with Gasteiger partial charge >= 0.3 is 0 Å². The van der Waals surface area contributed by atoms with Crippen LogP contribution in [0.3, 0.4) is 0 Å². The molecule has 0 amide bonds. The maximum absolute atomic E-state index is 4.66. The maximum Gasteiger partial charge on any atom is 0.153 e. The van der Waals surface area contributed by atoms with Crippen LogP contribution >= 0.6 is 0 Å². The summed E-state index contributed by atoms with van der Waals surface area (Å²) in [5.41, 5.74) is 7.88. The van der Waals surface area contributed by atoms with Crippen molar-refractivity contribution in [2.24, 2.45) is 7.05 Å². The average Bonchev–Trinajstić information content (AvgIpc) is 3.32. The van der Waals surface area contributed by atoms with Crippen LogP contribution in [-0.4, -0.2) is 34.3 Å². The molecule has 128 valence electrons. The normalized spacial score (nSPS) is 11.7. The number of imidazole rings is 1. The van der Waals surface area contributed by atoms with E-state index in [1.54, 1.807) is 10.7 Å². The second-order valence-corrected chi connectivity index (χ2v) is 6.44. The van der Waals surface area contributed by atoms with Crippen molar-refractivity contribution in [3.8, 4) is 22.4 Å². The van der Waals surface area contributed by atoms with Crippen LogP contribution in [0.25, 0.3) is 39.1 Å². The molecule has 0 saturated heterocycles. The summed E-state index contributed by atoms with van der Waals surface area (Å²) in [4.78, 5) is 12.1. The summed E-state index contributed by atoms with van der Waals surface area (Å²) < 4.78 is 3.68. The molecule has 26 heavy (non-hydrogen) atoms. The van der Waals surface area contributed by atoms with Crippen LogP contribution in [0.2, 0.25) is 0 Å². The van der Waals surface area contributed by atoms with Crippen LogP contribution in [-0.2, 0) is 7.05 Å². The third kappa shape index (κ3) is 2.07. The van der Waals surface area contributed by atoms with Crippen molar-refractivity contribution in [2.75, 3.05) is 0 Å². The second-order valence-electron chi connectivity index (χ2n) is 6.44. The van der Waals surface area contributed by atoms with Gasteiger partial charge in [0.15, 0.2) is 5.65 Å². The van der Waals surface area contributed by atoms with Crippen LogP contribution in [0.5, 0.6) is 0 Å². The number of aryl methyl sites for hydroxylation is 2. The summed E-state index contributed by atoms with van der Waals surface area (Å²) in [6, 6.07) is 6.11. The average molecular weight is 343 g/mol. The minimum atomic E-state index is 0.828. The summed E-state index contributed by atoms with van der Waals surface area (Å²) in [7, 11) is 1.96. The predicted octanol–water partition coefficient (Wildman–Crippen LogP) is 3.29. The van der Waals surface area contributed by atoms with E-state index >= 15 is 0 Å². The molecule has 5 aromatic rings. The Bertz CT molecular complexity index is 1270. The van der Waals surface area contributed by atoms with Gasteiger partial charge in [0.1, 0.15) is 5.65 Å². The van der Waals surface area contributed by atoms with E-state index in [9.17, 15) is 0 Å². The number of nitrogens with one attached hydrogen (secondary N) is 1. The van der Waals surface area contributed by atoms with Crippen molar-refractivity contribution in [3.63, 3.8) is 0 Å². The highest BCUT2D eigenvalue weighted by Gasteiger charge is 2.15. The number of pyridine rings is 1. The van der Waals surface area contributed by atoms with E-state index in [-0.39, 0.29) is 0 Å². The molecule has 0 bridgehead atoms. The molecule has 0 fully saturated rings. The first-order valence-corrected chi connectivity index (χ1v) is 8.40. The van der Waals surface area contributed by atoms with Crippen LogP contribution < -0.4 is 0 Å². The van der Waals surface area contributed by atoms with Gasteiger partial charge in [-0.1, -0.05) is 0 Å². The van der Waals surface area contributed by atoms with Crippen molar-refractivity contribution >= 4 is 16.7 Å². The van der Waals surface area contributed by atoms with Crippen LogP contribution in [0.4, 0.5) is 0 Å². The summed E-state index contributed by atoms with van der Waals surface area (Å²) in [6.45, 7) is 4.10.